The fourth-order valence-electron chi connectivity index (χ4n) is 4.08. The van der Waals surface area contributed by atoms with E-state index in [1.54, 1.807) is 6.08 Å². The zero-order valence-corrected chi connectivity index (χ0v) is 27.3. The van der Waals surface area contributed by atoms with E-state index >= 15 is 0 Å². The molecule has 4 aromatic rings. The second-order valence-electron chi connectivity index (χ2n) is 10.7. The standard InChI is InChI=1S/C25H30N2.C8H10.C3H8.C3H6/c1-6-20-12-13-24-23(16-20)18(4)14-25(27-24)19(5)26-22(7-2)15-21-10-8-17(3)9-11-21;1-7-3-5-8(2)6-4-7;2*1-3-2/h8-14,16,22,26H,5-7,15H2,1-4H3;3-6H,1-2H3;3H2,1-2H3;3H,1H2,2H3. The Bertz CT molecular complexity index is 1290. The average molecular weight is 551 g/mol. The van der Waals surface area contributed by atoms with Crippen LogP contribution < -0.4 is 5.32 Å². The fraction of sp³-hybridized carbons (Fsp3) is 0.359. The Morgan fingerprint density at radius 2 is 1.24 bits per heavy atom. The van der Waals surface area contributed by atoms with Gasteiger partial charge in [0, 0.05) is 11.4 Å². The summed E-state index contributed by atoms with van der Waals surface area (Å²) in [5.41, 5.74) is 10.8. The minimum absolute atomic E-state index is 0.348. The van der Waals surface area contributed by atoms with Crippen molar-refractivity contribution in [3.8, 4) is 0 Å². The number of fused-ring (bicyclic) bond motifs is 1. The molecule has 2 heteroatoms. The van der Waals surface area contributed by atoms with Gasteiger partial charge in [0.2, 0.25) is 0 Å². The van der Waals surface area contributed by atoms with Crippen molar-refractivity contribution in [2.24, 2.45) is 0 Å². The number of allylic oxidation sites excluding steroid dienone is 1. The van der Waals surface area contributed by atoms with E-state index in [4.69, 9.17) is 4.98 Å². The van der Waals surface area contributed by atoms with E-state index in [-0.39, 0.29) is 0 Å². The van der Waals surface area contributed by atoms with Crippen LogP contribution in [0.3, 0.4) is 0 Å². The monoisotopic (exact) mass is 550 g/mol. The molecule has 0 radical (unpaired) electrons. The highest BCUT2D eigenvalue weighted by Crippen LogP contribution is 2.22. The largest absolute Gasteiger partial charge is 0.381 e. The van der Waals surface area contributed by atoms with Crippen molar-refractivity contribution in [2.45, 2.75) is 94.0 Å². The van der Waals surface area contributed by atoms with Crippen LogP contribution in [0.1, 0.15) is 86.5 Å². The van der Waals surface area contributed by atoms with Crippen LogP contribution in [-0.2, 0) is 12.8 Å². The summed E-state index contributed by atoms with van der Waals surface area (Å²) in [5.74, 6) is 0. The Morgan fingerprint density at radius 1 is 0.780 bits per heavy atom. The molecule has 0 aliphatic carbocycles. The van der Waals surface area contributed by atoms with E-state index in [0.717, 1.165) is 36.2 Å². The molecule has 0 aliphatic heterocycles. The van der Waals surface area contributed by atoms with Gasteiger partial charge in [0.25, 0.3) is 0 Å². The second-order valence-corrected chi connectivity index (χ2v) is 10.7. The summed E-state index contributed by atoms with van der Waals surface area (Å²) in [7, 11) is 0. The van der Waals surface area contributed by atoms with Gasteiger partial charge in [0.15, 0.2) is 0 Å². The summed E-state index contributed by atoms with van der Waals surface area (Å²) in [5, 5.41) is 4.84. The van der Waals surface area contributed by atoms with Crippen LogP contribution in [0.25, 0.3) is 16.6 Å². The SMILES string of the molecule is C=C(NC(CC)Cc1ccc(C)cc1)c1cc(C)c2cc(CC)ccc2n1.C=CC.CCC.Cc1ccc(C)cc1. The van der Waals surface area contributed by atoms with Gasteiger partial charge in [-0.25, -0.2) is 4.98 Å². The number of hydrogen-bond donors (Lipinski definition) is 1. The van der Waals surface area contributed by atoms with E-state index in [0.29, 0.717) is 6.04 Å². The first-order chi connectivity index (χ1) is 19.6. The summed E-state index contributed by atoms with van der Waals surface area (Å²) < 4.78 is 0. The summed E-state index contributed by atoms with van der Waals surface area (Å²) in [4.78, 5) is 4.86. The molecule has 0 fully saturated rings. The summed E-state index contributed by atoms with van der Waals surface area (Å²) in [6, 6.07) is 26.3. The second kappa shape index (κ2) is 19.4. The van der Waals surface area contributed by atoms with Crippen molar-refractivity contribution in [3.63, 3.8) is 0 Å². The highest BCUT2D eigenvalue weighted by molar-refractivity contribution is 5.84. The smallest absolute Gasteiger partial charge is 0.0865 e. The Kier molecular flexibility index (Phi) is 16.8. The van der Waals surface area contributed by atoms with Crippen LogP contribution in [0.4, 0.5) is 0 Å². The molecule has 0 aliphatic rings. The fourth-order valence-corrected chi connectivity index (χ4v) is 4.08. The van der Waals surface area contributed by atoms with Crippen LogP contribution in [-0.4, -0.2) is 11.0 Å². The van der Waals surface area contributed by atoms with E-state index < -0.39 is 0 Å². The minimum atomic E-state index is 0.348. The van der Waals surface area contributed by atoms with Gasteiger partial charge in [-0.15, -0.1) is 6.58 Å². The molecule has 0 saturated carbocycles. The number of benzene rings is 3. The van der Waals surface area contributed by atoms with Gasteiger partial charge in [-0.05, 0) is 88.8 Å². The van der Waals surface area contributed by atoms with Gasteiger partial charge in [0.05, 0.1) is 16.9 Å². The number of aromatic nitrogens is 1. The number of rotatable bonds is 7. The molecule has 3 aromatic carbocycles. The summed E-state index contributed by atoms with van der Waals surface area (Å²) >= 11 is 0. The molecule has 4 rings (SSSR count). The van der Waals surface area contributed by atoms with Gasteiger partial charge in [-0.2, -0.15) is 0 Å². The van der Waals surface area contributed by atoms with Crippen molar-refractivity contribution in [2.75, 3.05) is 0 Å². The Morgan fingerprint density at radius 3 is 1.71 bits per heavy atom. The molecule has 1 heterocycles. The lowest BCUT2D eigenvalue weighted by atomic mass is 10.0. The van der Waals surface area contributed by atoms with E-state index in [1.807, 2.05) is 6.92 Å². The third kappa shape index (κ3) is 13.0. The normalized spacial score (nSPS) is 10.6. The van der Waals surface area contributed by atoms with Gasteiger partial charge in [0.1, 0.15) is 0 Å². The predicted octanol–water partition coefficient (Wildman–Crippen LogP) is 10.9. The number of nitrogens with zero attached hydrogens (tertiary/aromatic N) is 1. The van der Waals surface area contributed by atoms with E-state index in [9.17, 15) is 0 Å². The molecule has 0 bridgehead atoms. The van der Waals surface area contributed by atoms with Gasteiger partial charge in [-0.3, -0.25) is 0 Å². The van der Waals surface area contributed by atoms with Crippen LogP contribution in [0.5, 0.6) is 0 Å². The molecule has 1 aromatic heterocycles. The van der Waals surface area contributed by atoms with Crippen LogP contribution in [0.2, 0.25) is 0 Å². The lowest BCUT2D eigenvalue weighted by molar-refractivity contribution is 0.574. The van der Waals surface area contributed by atoms with Crippen molar-refractivity contribution in [3.05, 3.63) is 131 Å². The number of aryl methyl sites for hydroxylation is 5. The Balaban J connectivity index is 0.000000496. The molecule has 1 N–H and O–H groups in total. The lowest BCUT2D eigenvalue weighted by Gasteiger charge is -2.20. The number of nitrogens with one attached hydrogen (secondary N) is 1. The zero-order valence-electron chi connectivity index (χ0n) is 27.3. The summed E-state index contributed by atoms with van der Waals surface area (Å²) in [6.07, 6.45) is 6.07. The molecule has 41 heavy (non-hydrogen) atoms. The quantitative estimate of drug-likeness (QED) is 0.231. The van der Waals surface area contributed by atoms with Crippen molar-refractivity contribution in [1.82, 2.24) is 10.3 Å². The van der Waals surface area contributed by atoms with E-state index in [2.05, 4.69) is 147 Å². The molecular weight excluding hydrogens is 496 g/mol. The first-order valence-electron chi connectivity index (χ1n) is 15.1. The predicted molar refractivity (Wildman–Crippen MR) is 185 cm³/mol. The average Bonchev–Trinajstić information content (AvgIpc) is 2.96. The van der Waals surface area contributed by atoms with Crippen LogP contribution in [0.15, 0.2) is 92.0 Å². The lowest BCUT2D eigenvalue weighted by Crippen LogP contribution is -2.29. The molecule has 0 spiro atoms. The molecule has 0 amide bonds. The van der Waals surface area contributed by atoms with Crippen LogP contribution in [0, 0.1) is 27.7 Å². The highest BCUT2D eigenvalue weighted by Gasteiger charge is 2.12. The molecule has 220 valence electrons. The maximum Gasteiger partial charge on any atom is 0.0865 e. The van der Waals surface area contributed by atoms with Gasteiger partial charge < -0.3 is 5.32 Å². The third-order valence-electron chi connectivity index (χ3n) is 6.49. The van der Waals surface area contributed by atoms with Crippen molar-refractivity contribution in [1.29, 1.82) is 0 Å². The Hall–Kier alpha value is -3.65. The zero-order chi connectivity index (χ0) is 30.8. The molecule has 1 atom stereocenters. The first-order valence-corrected chi connectivity index (χ1v) is 15.1. The number of pyridine rings is 1. The van der Waals surface area contributed by atoms with E-state index in [1.165, 1.54) is 45.2 Å². The third-order valence-corrected chi connectivity index (χ3v) is 6.49. The summed E-state index contributed by atoms with van der Waals surface area (Å²) in [6.45, 7) is 26.6. The molecule has 0 saturated heterocycles. The maximum absolute atomic E-state index is 4.86. The maximum atomic E-state index is 4.86. The minimum Gasteiger partial charge on any atom is -0.381 e. The molecular formula is C39H54N2. The molecule has 1 unspecified atom stereocenters. The highest BCUT2D eigenvalue weighted by atomic mass is 14.9. The van der Waals surface area contributed by atoms with Crippen molar-refractivity contribution < 1.29 is 0 Å². The van der Waals surface area contributed by atoms with Crippen molar-refractivity contribution >= 4 is 16.6 Å². The van der Waals surface area contributed by atoms with Crippen LogP contribution >= 0.6 is 0 Å². The van der Waals surface area contributed by atoms with Gasteiger partial charge >= 0.3 is 0 Å². The topological polar surface area (TPSA) is 24.9 Å². The van der Waals surface area contributed by atoms with Gasteiger partial charge in [-0.1, -0.05) is 118 Å². The first kappa shape index (κ1) is 35.4. The Labute approximate surface area is 251 Å². The number of hydrogen-bond acceptors (Lipinski definition) is 2. The molecule has 2 nitrogen and oxygen atoms in total.